The van der Waals surface area contributed by atoms with Crippen LogP contribution in [0.4, 0.5) is 0 Å². The van der Waals surface area contributed by atoms with Crippen LogP contribution in [-0.4, -0.2) is 24.7 Å². The Labute approximate surface area is 112 Å². The first-order valence-electron chi connectivity index (χ1n) is 6.30. The third-order valence-corrected chi connectivity index (χ3v) is 5.29. The molecule has 1 aromatic carbocycles. The first-order chi connectivity index (χ1) is 8.99. The summed E-state index contributed by atoms with van der Waals surface area (Å²) in [6, 6.07) is 6.29. The number of hydrogen-bond acceptors (Lipinski definition) is 3. The van der Waals surface area contributed by atoms with Crippen molar-refractivity contribution in [2.24, 2.45) is 0 Å². The molecule has 2 N–H and O–H groups in total. The lowest BCUT2D eigenvalue weighted by Crippen LogP contribution is -2.32. The predicted molar refractivity (Wildman–Crippen MR) is 71.4 cm³/mol. The Kier molecular flexibility index (Phi) is 4.21. The van der Waals surface area contributed by atoms with Crippen molar-refractivity contribution in [1.29, 1.82) is 0 Å². The zero-order chi connectivity index (χ0) is 13.9. The summed E-state index contributed by atoms with van der Waals surface area (Å²) < 4.78 is 26.6. The standard InChI is InChI=1S/C13H17NO4S/c15-13(16)11-5-3-4-10(8-11)9-14-19(17,18)12-6-1-2-7-12/h3-5,8,12,14H,1-2,6-7,9H2,(H,15,16). The van der Waals surface area contributed by atoms with Gasteiger partial charge in [0.15, 0.2) is 0 Å². The fraction of sp³-hybridized carbons (Fsp3) is 0.462. The molecule has 0 unspecified atom stereocenters. The maximum absolute atomic E-state index is 12.0. The van der Waals surface area contributed by atoms with Gasteiger partial charge in [-0.05, 0) is 30.5 Å². The van der Waals surface area contributed by atoms with E-state index in [1.165, 1.54) is 12.1 Å². The quantitative estimate of drug-likeness (QED) is 0.862. The fourth-order valence-corrected chi connectivity index (χ4v) is 3.87. The minimum Gasteiger partial charge on any atom is -0.478 e. The lowest BCUT2D eigenvalue weighted by molar-refractivity contribution is 0.0696. The summed E-state index contributed by atoms with van der Waals surface area (Å²) in [5, 5.41) is 8.58. The molecule has 0 saturated heterocycles. The van der Waals surface area contributed by atoms with Crippen LogP contribution < -0.4 is 4.72 Å². The van der Waals surface area contributed by atoms with Crippen molar-refractivity contribution in [3.63, 3.8) is 0 Å². The van der Waals surface area contributed by atoms with E-state index in [2.05, 4.69) is 4.72 Å². The second-order valence-electron chi connectivity index (χ2n) is 4.78. The molecule has 1 aliphatic carbocycles. The van der Waals surface area contributed by atoms with E-state index >= 15 is 0 Å². The van der Waals surface area contributed by atoms with Crippen LogP contribution >= 0.6 is 0 Å². The van der Waals surface area contributed by atoms with Gasteiger partial charge in [0, 0.05) is 6.54 Å². The topological polar surface area (TPSA) is 83.5 Å². The molecule has 1 fully saturated rings. The van der Waals surface area contributed by atoms with E-state index in [1.807, 2.05) is 0 Å². The number of sulfonamides is 1. The maximum Gasteiger partial charge on any atom is 0.335 e. The molecule has 0 bridgehead atoms. The molecule has 2 rings (SSSR count). The first kappa shape index (κ1) is 14.0. The molecule has 0 aromatic heterocycles. The second-order valence-corrected chi connectivity index (χ2v) is 6.82. The molecule has 1 saturated carbocycles. The molecule has 6 heteroatoms. The molecule has 0 heterocycles. The summed E-state index contributed by atoms with van der Waals surface area (Å²) in [5.41, 5.74) is 0.819. The molecular formula is C13H17NO4S. The van der Waals surface area contributed by atoms with Crippen molar-refractivity contribution in [3.05, 3.63) is 35.4 Å². The Morgan fingerprint density at radius 2 is 2.00 bits per heavy atom. The number of carboxylic acids is 1. The van der Waals surface area contributed by atoms with E-state index in [1.54, 1.807) is 12.1 Å². The van der Waals surface area contributed by atoms with Crippen LogP contribution in [0, 0.1) is 0 Å². The monoisotopic (exact) mass is 283 g/mol. The molecule has 19 heavy (non-hydrogen) atoms. The Morgan fingerprint density at radius 1 is 1.32 bits per heavy atom. The normalized spacial score (nSPS) is 16.6. The van der Waals surface area contributed by atoms with Crippen molar-refractivity contribution in [2.75, 3.05) is 0 Å². The number of benzene rings is 1. The van der Waals surface area contributed by atoms with Crippen molar-refractivity contribution >= 4 is 16.0 Å². The van der Waals surface area contributed by atoms with E-state index < -0.39 is 16.0 Å². The van der Waals surface area contributed by atoms with Gasteiger partial charge >= 0.3 is 5.97 Å². The van der Waals surface area contributed by atoms with Gasteiger partial charge < -0.3 is 5.11 Å². The molecule has 5 nitrogen and oxygen atoms in total. The molecule has 104 valence electrons. The summed E-state index contributed by atoms with van der Waals surface area (Å²) in [7, 11) is -3.29. The van der Waals surface area contributed by atoms with Gasteiger partial charge in [-0.25, -0.2) is 17.9 Å². The summed E-state index contributed by atoms with van der Waals surface area (Å²) in [6.07, 6.45) is 3.34. The van der Waals surface area contributed by atoms with Gasteiger partial charge in [0.25, 0.3) is 0 Å². The van der Waals surface area contributed by atoms with Crippen LogP contribution in [-0.2, 0) is 16.6 Å². The molecular weight excluding hydrogens is 266 g/mol. The van der Waals surface area contributed by atoms with Crippen LogP contribution in [0.1, 0.15) is 41.6 Å². The van der Waals surface area contributed by atoms with Gasteiger partial charge in [-0.2, -0.15) is 0 Å². The summed E-state index contributed by atoms with van der Waals surface area (Å²) in [6.45, 7) is 0.139. The van der Waals surface area contributed by atoms with E-state index in [4.69, 9.17) is 5.11 Å². The minimum atomic E-state index is -3.29. The first-order valence-corrected chi connectivity index (χ1v) is 7.84. The average molecular weight is 283 g/mol. The SMILES string of the molecule is O=C(O)c1cccc(CNS(=O)(=O)C2CCCC2)c1. The van der Waals surface area contributed by atoms with Crippen LogP contribution in [0.15, 0.2) is 24.3 Å². The Balaban J connectivity index is 2.02. The molecule has 1 aliphatic rings. The Bertz CT molecular complexity index is 562. The van der Waals surface area contributed by atoms with E-state index in [-0.39, 0.29) is 17.4 Å². The zero-order valence-electron chi connectivity index (χ0n) is 10.5. The highest BCUT2D eigenvalue weighted by atomic mass is 32.2. The number of carboxylic acid groups (broad SMARTS) is 1. The number of hydrogen-bond donors (Lipinski definition) is 2. The molecule has 0 spiro atoms. The van der Waals surface area contributed by atoms with E-state index in [0.717, 1.165) is 12.8 Å². The fourth-order valence-electron chi connectivity index (χ4n) is 2.31. The van der Waals surface area contributed by atoms with Gasteiger partial charge in [-0.3, -0.25) is 0 Å². The predicted octanol–water partition coefficient (Wildman–Crippen LogP) is 1.75. The van der Waals surface area contributed by atoms with E-state index in [0.29, 0.717) is 18.4 Å². The third-order valence-electron chi connectivity index (χ3n) is 3.39. The van der Waals surface area contributed by atoms with E-state index in [9.17, 15) is 13.2 Å². The molecule has 0 radical (unpaired) electrons. The van der Waals surface area contributed by atoms with Crippen molar-refractivity contribution < 1.29 is 18.3 Å². The van der Waals surface area contributed by atoms with Crippen molar-refractivity contribution in [1.82, 2.24) is 4.72 Å². The summed E-state index contributed by atoms with van der Waals surface area (Å²) in [4.78, 5) is 10.8. The third kappa shape index (κ3) is 3.54. The summed E-state index contributed by atoms with van der Waals surface area (Å²) in [5.74, 6) is -1.01. The molecule has 1 aromatic rings. The highest BCUT2D eigenvalue weighted by molar-refractivity contribution is 7.90. The van der Waals surface area contributed by atoms with Gasteiger partial charge in [0.1, 0.15) is 0 Å². The number of aromatic carboxylic acids is 1. The molecule has 0 atom stereocenters. The number of rotatable bonds is 5. The Hall–Kier alpha value is -1.40. The summed E-state index contributed by atoms with van der Waals surface area (Å²) >= 11 is 0. The zero-order valence-corrected chi connectivity index (χ0v) is 11.3. The second kappa shape index (κ2) is 5.71. The highest BCUT2D eigenvalue weighted by Crippen LogP contribution is 2.24. The molecule has 0 amide bonds. The maximum atomic E-state index is 12.0. The minimum absolute atomic E-state index is 0.139. The largest absolute Gasteiger partial charge is 0.478 e. The van der Waals surface area contributed by atoms with Crippen LogP contribution in [0.5, 0.6) is 0 Å². The van der Waals surface area contributed by atoms with Crippen molar-refractivity contribution in [2.45, 2.75) is 37.5 Å². The number of carbonyl (C=O) groups is 1. The van der Waals surface area contributed by atoms with Crippen LogP contribution in [0.2, 0.25) is 0 Å². The van der Waals surface area contributed by atoms with Gasteiger partial charge in [-0.1, -0.05) is 25.0 Å². The Morgan fingerprint density at radius 3 is 2.63 bits per heavy atom. The van der Waals surface area contributed by atoms with Gasteiger partial charge in [0.2, 0.25) is 10.0 Å². The lowest BCUT2D eigenvalue weighted by Gasteiger charge is -2.12. The number of nitrogens with one attached hydrogen (secondary N) is 1. The van der Waals surface area contributed by atoms with Crippen molar-refractivity contribution in [3.8, 4) is 0 Å². The lowest BCUT2D eigenvalue weighted by atomic mass is 10.1. The van der Waals surface area contributed by atoms with Crippen LogP contribution in [0.25, 0.3) is 0 Å². The average Bonchev–Trinajstić information content (AvgIpc) is 2.91. The molecule has 0 aliphatic heterocycles. The smallest absolute Gasteiger partial charge is 0.335 e. The van der Waals surface area contributed by atoms with Crippen LogP contribution in [0.3, 0.4) is 0 Å². The van der Waals surface area contributed by atoms with Gasteiger partial charge in [-0.15, -0.1) is 0 Å². The highest BCUT2D eigenvalue weighted by Gasteiger charge is 2.28. The van der Waals surface area contributed by atoms with Gasteiger partial charge in [0.05, 0.1) is 10.8 Å².